The van der Waals surface area contributed by atoms with Crippen LogP contribution in [0.2, 0.25) is 0 Å². The van der Waals surface area contributed by atoms with Gasteiger partial charge in [0.05, 0.1) is 0 Å². The van der Waals surface area contributed by atoms with Crippen molar-refractivity contribution in [3.05, 3.63) is 23.8 Å². The highest BCUT2D eigenvalue weighted by molar-refractivity contribution is 6.19. The predicted octanol–water partition coefficient (Wildman–Crippen LogP) is 1.40. The smallest absolute Gasteiger partial charge is 0.342 e. The highest BCUT2D eigenvalue weighted by atomic mass is 16.5. The van der Waals surface area contributed by atoms with Crippen molar-refractivity contribution in [3.63, 3.8) is 0 Å². The van der Waals surface area contributed by atoms with Crippen LogP contribution in [0, 0.1) is 0 Å². The second-order valence-electron chi connectivity index (χ2n) is 2.97. The Labute approximate surface area is 77.1 Å². The van der Waals surface area contributed by atoms with E-state index in [1.807, 2.05) is 0 Å². The van der Waals surface area contributed by atoms with Crippen molar-refractivity contribution in [1.82, 2.24) is 0 Å². The zero-order chi connectivity index (χ0) is 9.84. The molecule has 0 aromatic rings. The van der Waals surface area contributed by atoms with Crippen LogP contribution < -0.4 is 0 Å². The van der Waals surface area contributed by atoms with Gasteiger partial charge in [-0.05, 0) is 13.3 Å². The number of ketones is 1. The van der Waals surface area contributed by atoms with Crippen LogP contribution >= 0.6 is 0 Å². The van der Waals surface area contributed by atoms with Gasteiger partial charge in [0.15, 0.2) is 5.78 Å². The van der Waals surface area contributed by atoms with Gasteiger partial charge in [-0.25, -0.2) is 4.79 Å². The van der Waals surface area contributed by atoms with Crippen LogP contribution in [0.5, 0.6) is 0 Å². The Morgan fingerprint density at radius 3 is 2.77 bits per heavy atom. The maximum atomic E-state index is 11.3. The molecule has 0 aliphatic heterocycles. The Bertz CT molecular complexity index is 287. The van der Waals surface area contributed by atoms with Crippen LogP contribution in [0.15, 0.2) is 23.8 Å². The van der Waals surface area contributed by atoms with E-state index < -0.39 is 5.97 Å². The highest BCUT2D eigenvalue weighted by Gasteiger charge is 2.27. The Balaban J connectivity index is 2.70. The van der Waals surface area contributed by atoms with Gasteiger partial charge in [0.25, 0.3) is 0 Å². The number of rotatable bonds is 3. The molecule has 0 spiro atoms. The molecule has 0 amide bonds. The molecule has 0 heterocycles. The van der Waals surface area contributed by atoms with Gasteiger partial charge in [0.1, 0.15) is 12.2 Å². The van der Waals surface area contributed by atoms with E-state index in [4.69, 9.17) is 4.74 Å². The molecule has 1 aliphatic rings. The van der Waals surface area contributed by atoms with E-state index in [2.05, 4.69) is 6.58 Å². The van der Waals surface area contributed by atoms with Crippen LogP contribution in [0.25, 0.3) is 0 Å². The number of ether oxygens (including phenoxy) is 1. The van der Waals surface area contributed by atoms with Gasteiger partial charge in [-0.2, -0.15) is 0 Å². The number of allylic oxidation sites excluding steroid dienone is 1. The van der Waals surface area contributed by atoms with Crippen LogP contribution in [0.3, 0.4) is 0 Å². The summed E-state index contributed by atoms with van der Waals surface area (Å²) in [6.07, 6.45) is 2.59. The molecule has 0 saturated carbocycles. The summed E-state index contributed by atoms with van der Waals surface area (Å²) in [6, 6.07) is 0. The summed E-state index contributed by atoms with van der Waals surface area (Å²) >= 11 is 0. The number of esters is 1. The lowest BCUT2D eigenvalue weighted by Crippen LogP contribution is -2.13. The minimum atomic E-state index is -0.514. The molecule has 70 valence electrons. The van der Waals surface area contributed by atoms with Crippen molar-refractivity contribution in [2.75, 3.05) is 6.61 Å². The van der Waals surface area contributed by atoms with E-state index in [9.17, 15) is 9.59 Å². The van der Waals surface area contributed by atoms with Crippen molar-refractivity contribution in [2.45, 2.75) is 19.8 Å². The van der Waals surface area contributed by atoms with Crippen molar-refractivity contribution in [3.8, 4) is 0 Å². The number of carbonyl (C=O) groups excluding carboxylic acids is 2. The molecular formula is C10H12O3. The standard InChI is InChI=1S/C10H12O3/c1-3-6-13-10(12)9-7(2)4-5-8(9)11/h3H,1,4-6H2,2H3. The fourth-order valence-electron chi connectivity index (χ4n) is 1.28. The molecule has 0 atom stereocenters. The number of carbonyl (C=O) groups is 2. The van der Waals surface area contributed by atoms with Gasteiger partial charge in [-0.15, -0.1) is 0 Å². The summed E-state index contributed by atoms with van der Waals surface area (Å²) in [6.45, 7) is 5.36. The molecule has 13 heavy (non-hydrogen) atoms. The fraction of sp³-hybridized carbons (Fsp3) is 0.400. The lowest BCUT2D eigenvalue weighted by molar-refractivity contribution is -0.139. The average Bonchev–Trinajstić information content (AvgIpc) is 2.42. The third-order valence-electron chi connectivity index (χ3n) is 1.97. The second kappa shape index (κ2) is 4.03. The largest absolute Gasteiger partial charge is 0.458 e. The SMILES string of the molecule is C=CCOC(=O)C1=C(C)CCC1=O. The number of hydrogen-bond acceptors (Lipinski definition) is 3. The van der Waals surface area contributed by atoms with Crippen molar-refractivity contribution >= 4 is 11.8 Å². The summed E-state index contributed by atoms with van der Waals surface area (Å²) in [4.78, 5) is 22.5. The van der Waals surface area contributed by atoms with Crippen molar-refractivity contribution in [1.29, 1.82) is 0 Å². The summed E-state index contributed by atoms with van der Waals surface area (Å²) in [7, 11) is 0. The number of Topliss-reactive ketones (excluding diaryl/α,β-unsaturated/α-hetero) is 1. The van der Waals surface area contributed by atoms with E-state index in [1.165, 1.54) is 6.08 Å². The Hall–Kier alpha value is -1.38. The lowest BCUT2D eigenvalue weighted by atomic mass is 10.2. The molecule has 0 aromatic carbocycles. The summed E-state index contributed by atoms with van der Waals surface area (Å²) in [5.41, 5.74) is 1.07. The van der Waals surface area contributed by atoms with Crippen LogP contribution in [-0.4, -0.2) is 18.4 Å². The van der Waals surface area contributed by atoms with Crippen molar-refractivity contribution in [2.24, 2.45) is 0 Å². The Morgan fingerprint density at radius 1 is 1.62 bits per heavy atom. The molecule has 0 saturated heterocycles. The molecule has 0 unspecified atom stereocenters. The summed E-state index contributed by atoms with van der Waals surface area (Å²) in [5, 5.41) is 0. The van der Waals surface area contributed by atoms with Gasteiger partial charge in [0, 0.05) is 6.42 Å². The maximum absolute atomic E-state index is 11.3. The van der Waals surface area contributed by atoms with E-state index in [1.54, 1.807) is 6.92 Å². The molecule has 1 aliphatic carbocycles. The molecular weight excluding hydrogens is 168 g/mol. The minimum Gasteiger partial charge on any atom is -0.458 e. The first-order valence-corrected chi connectivity index (χ1v) is 4.17. The van der Waals surface area contributed by atoms with E-state index in [0.29, 0.717) is 12.8 Å². The van der Waals surface area contributed by atoms with Crippen LogP contribution in [-0.2, 0) is 14.3 Å². The minimum absolute atomic E-state index is 0.105. The van der Waals surface area contributed by atoms with Gasteiger partial charge >= 0.3 is 5.97 Å². The maximum Gasteiger partial charge on any atom is 0.342 e. The van der Waals surface area contributed by atoms with E-state index in [0.717, 1.165) is 5.57 Å². The molecule has 3 heteroatoms. The third-order valence-corrected chi connectivity index (χ3v) is 1.97. The van der Waals surface area contributed by atoms with Crippen LogP contribution in [0.4, 0.5) is 0 Å². The first-order chi connectivity index (χ1) is 6.16. The van der Waals surface area contributed by atoms with Crippen molar-refractivity contribution < 1.29 is 14.3 Å². The topological polar surface area (TPSA) is 43.4 Å². The first-order valence-electron chi connectivity index (χ1n) is 4.17. The first kappa shape index (κ1) is 9.71. The highest BCUT2D eigenvalue weighted by Crippen LogP contribution is 2.23. The van der Waals surface area contributed by atoms with Crippen LogP contribution in [0.1, 0.15) is 19.8 Å². The Kier molecular flexibility index (Phi) is 3.01. The van der Waals surface area contributed by atoms with Gasteiger partial charge in [-0.1, -0.05) is 18.2 Å². The van der Waals surface area contributed by atoms with Gasteiger partial charge in [0.2, 0.25) is 0 Å². The lowest BCUT2D eigenvalue weighted by Gasteiger charge is -2.01. The number of hydrogen-bond donors (Lipinski definition) is 0. The molecule has 1 rings (SSSR count). The zero-order valence-electron chi connectivity index (χ0n) is 7.63. The van der Waals surface area contributed by atoms with E-state index >= 15 is 0 Å². The molecule has 0 radical (unpaired) electrons. The van der Waals surface area contributed by atoms with Gasteiger partial charge < -0.3 is 4.74 Å². The quantitative estimate of drug-likeness (QED) is 0.374. The molecule has 3 nitrogen and oxygen atoms in total. The third kappa shape index (κ3) is 2.05. The van der Waals surface area contributed by atoms with Gasteiger partial charge in [-0.3, -0.25) is 4.79 Å². The normalized spacial score (nSPS) is 16.2. The predicted molar refractivity (Wildman–Crippen MR) is 48.1 cm³/mol. The molecule has 0 aromatic heterocycles. The zero-order valence-corrected chi connectivity index (χ0v) is 7.63. The van der Waals surface area contributed by atoms with E-state index in [-0.39, 0.29) is 18.0 Å². The molecule has 0 bridgehead atoms. The monoisotopic (exact) mass is 180 g/mol. The molecule has 0 N–H and O–H groups in total. The summed E-state index contributed by atoms with van der Waals surface area (Å²) in [5.74, 6) is -0.619. The average molecular weight is 180 g/mol. The fourth-order valence-corrected chi connectivity index (χ4v) is 1.28. The second-order valence-corrected chi connectivity index (χ2v) is 2.97. The summed E-state index contributed by atoms with van der Waals surface area (Å²) < 4.78 is 4.78. The Morgan fingerprint density at radius 2 is 2.31 bits per heavy atom. The molecule has 0 fully saturated rings.